The maximum absolute atomic E-state index is 14.3. The lowest BCUT2D eigenvalue weighted by atomic mass is 10.2. The van der Waals surface area contributed by atoms with E-state index in [0.717, 1.165) is 11.1 Å². The van der Waals surface area contributed by atoms with Gasteiger partial charge in [0.2, 0.25) is 5.47 Å². The third-order valence-electron chi connectivity index (χ3n) is 8.37. The summed E-state index contributed by atoms with van der Waals surface area (Å²) in [4.78, 5) is 25.1. The lowest BCUT2D eigenvalue weighted by Crippen LogP contribution is -2.51. The molecule has 11 heteroatoms. The molecule has 3 N–H and O–H groups in total. The lowest BCUT2D eigenvalue weighted by molar-refractivity contribution is -0.0351. The van der Waals surface area contributed by atoms with Crippen LogP contribution in [0.1, 0.15) is 40.7 Å². The number of aliphatic hydroxyl groups excluding tert-OH is 1. The van der Waals surface area contributed by atoms with E-state index in [-0.39, 0.29) is 45.2 Å². The third-order valence-corrected chi connectivity index (χ3v) is 11.2. The van der Waals surface area contributed by atoms with Crippen molar-refractivity contribution in [3.05, 3.63) is 166 Å². The largest absolute Gasteiger partial charge is 0.489 e. The average molecular weight is 744 g/mol. The zero-order chi connectivity index (χ0) is 36.7. The molecule has 0 radical (unpaired) electrons. The molecule has 0 heterocycles. The van der Waals surface area contributed by atoms with Crippen molar-refractivity contribution in [1.29, 1.82) is 0 Å². The van der Waals surface area contributed by atoms with Crippen LogP contribution in [0.15, 0.2) is 133 Å². The molecule has 52 heavy (non-hydrogen) atoms. The SMILES string of the molecule is O=C(NC(CCCO)(OCc1ccc(OCc2ccccc2)cc1)P(=O)(O)CCc1ccccc1Cl)OCc1ccc(OCc2ccccc2)cc1. The molecule has 0 aliphatic carbocycles. The van der Waals surface area contributed by atoms with E-state index in [1.54, 1.807) is 72.8 Å². The highest BCUT2D eigenvalue weighted by atomic mass is 35.5. The summed E-state index contributed by atoms with van der Waals surface area (Å²) in [5.74, 6) is 1.30. The van der Waals surface area contributed by atoms with Gasteiger partial charge in [0.25, 0.3) is 7.37 Å². The van der Waals surface area contributed by atoms with E-state index in [9.17, 15) is 19.4 Å². The van der Waals surface area contributed by atoms with E-state index in [1.807, 2.05) is 60.7 Å². The Labute approximate surface area is 309 Å². The second-order valence-electron chi connectivity index (χ2n) is 12.2. The number of nitrogens with one attached hydrogen (secondary N) is 1. The Morgan fingerprint density at radius 2 is 1.17 bits per heavy atom. The number of ether oxygens (including phenoxy) is 4. The second-order valence-corrected chi connectivity index (χ2v) is 15.2. The van der Waals surface area contributed by atoms with Crippen molar-refractivity contribution in [3.63, 3.8) is 0 Å². The normalized spacial score (nSPS) is 13.4. The standard InChI is InChI=1S/C41H43ClNO8P/c42-39-15-8-7-14-36(39)24-27-52(46,47)41(25-9-26-44,51-31-35-18-22-38(23-19-35)49-29-33-12-5-2-6-13-33)43-40(45)50-30-34-16-20-37(21-17-34)48-28-32-10-3-1-4-11-32/h1-8,10-23,44H,9,24-31H2,(H,43,45)(H,46,47). The first-order chi connectivity index (χ1) is 25.2. The molecule has 5 aromatic carbocycles. The third kappa shape index (κ3) is 11.4. The van der Waals surface area contributed by atoms with Gasteiger partial charge in [-0.05, 0) is 71.0 Å². The molecule has 0 spiro atoms. The highest BCUT2D eigenvalue weighted by Gasteiger charge is 2.50. The first kappa shape index (κ1) is 38.6. The number of hydrogen-bond donors (Lipinski definition) is 3. The van der Waals surface area contributed by atoms with Crippen LogP contribution in [-0.2, 0) is 46.9 Å². The number of benzene rings is 5. The van der Waals surface area contributed by atoms with E-state index in [4.69, 9.17) is 30.5 Å². The fourth-order valence-corrected chi connectivity index (χ4v) is 7.57. The second kappa shape index (κ2) is 19.3. The number of carbonyl (C=O) groups is 1. The number of alkyl carbamates (subject to hydrolysis) is 1. The van der Waals surface area contributed by atoms with Crippen LogP contribution in [0.4, 0.5) is 4.79 Å². The molecule has 0 bridgehead atoms. The molecule has 0 aliphatic heterocycles. The predicted octanol–water partition coefficient (Wildman–Crippen LogP) is 8.88. The molecule has 0 saturated carbocycles. The molecule has 272 valence electrons. The summed E-state index contributed by atoms with van der Waals surface area (Å²) in [6.07, 6.45) is -1.12. The summed E-state index contributed by atoms with van der Waals surface area (Å²) in [6.45, 7) is 0.294. The van der Waals surface area contributed by atoms with Crippen LogP contribution in [-0.4, -0.2) is 34.3 Å². The molecule has 2 atom stereocenters. The van der Waals surface area contributed by atoms with E-state index in [2.05, 4.69) is 5.32 Å². The van der Waals surface area contributed by atoms with Crippen LogP contribution in [0, 0.1) is 0 Å². The summed E-state index contributed by atoms with van der Waals surface area (Å²) in [7, 11) is -4.37. The average Bonchev–Trinajstić information content (AvgIpc) is 3.17. The van der Waals surface area contributed by atoms with E-state index < -0.39 is 18.9 Å². The maximum atomic E-state index is 14.3. The molecule has 0 saturated heterocycles. The van der Waals surface area contributed by atoms with Crippen LogP contribution in [0.25, 0.3) is 0 Å². The number of rotatable bonds is 19. The van der Waals surface area contributed by atoms with E-state index >= 15 is 0 Å². The van der Waals surface area contributed by atoms with Crippen molar-refractivity contribution in [2.45, 2.75) is 51.2 Å². The number of carbonyl (C=O) groups excluding carboxylic acids is 1. The fourth-order valence-electron chi connectivity index (χ4n) is 5.40. The van der Waals surface area contributed by atoms with Gasteiger partial charge in [-0.1, -0.05) is 115 Å². The van der Waals surface area contributed by atoms with Gasteiger partial charge in [-0.3, -0.25) is 9.88 Å². The molecule has 5 rings (SSSR count). The highest BCUT2D eigenvalue weighted by molar-refractivity contribution is 7.59. The predicted molar refractivity (Wildman–Crippen MR) is 201 cm³/mol. The van der Waals surface area contributed by atoms with Gasteiger partial charge in [-0.15, -0.1) is 0 Å². The first-order valence-electron chi connectivity index (χ1n) is 17.0. The van der Waals surface area contributed by atoms with Crippen LogP contribution in [0.2, 0.25) is 5.02 Å². The molecular formula is C41H43ClNO8P. The molecule has 1 amide bonds. The Balaban J connectivity index is 1.27. The summed E-state index contributed by atoms with van der Waals surface area (Å²) in [5.41, 5.74) is 2.03. The molecule has 0 fully saturated rings. The van der Waals surface area contributed by atoms with Crippen LogP contribution in [0.3, 0.4) is 0 Å². The van der Waals surface area contributed by atoms with Gasteiger partial charge in [0.1, 0.15) is 31.3 Å². The Morgan fingerprint density at radius 1 is 0.673 bits per heavy atom. The van der Waals surface area contributed by atoms with E-state index in [1.165, 1.54) is 0 Å². The Morgan fingerprint density at radius 3 is 1.71 bits per heavy atom. The zero-order valence-corrected chi connectivity index (χ0v) is 30.4. The Kier molecular flexibility index (Phi) is 14.3. The van der Waals surface area contributed by atoms with Crippen molar-refractivity contribution in [2.24, 2.45) is 0 Å². The quantitative estimate of drug-likeness (QED) is 0.0566. The number of hydrogen-bond acceptors (Lipinski definition) is 7. The molecule has 5 aromatic rings. The van der Waals surface area contributed by atoms with Crippen molar-refractivity contribution in [2.75, 3.05) is 12.8 Å². The van der Waals surface area contributed by atoms with Crippen molar-refractivity contribution >= 4 is 25.1 Å². The molecule has 0 aliphatic rings. The van der Waals surface area contributed by atoms with Gasteiger partial charge in [0.15, 0.2) is 0 Å². The maximum Gasteiger partial charge on any atom is 0.410 e. The van der Waals surface area contributed by atoms with Gasteiger partial charge < -0.3 is 28.9 Å². The van der Waals surface area contributed by atoms with Crippen LogP contribution >= 0.6 is 19.0 Å². The number of aryl methyl sites for hydroxylation is 1. The number of aliphatic hydroxyl groups is 1. The van der Waals surface area contributed by atoms with Crippen molar-refractivity contribution in [1.82, 2.24) is 5.32 Å². The smallest absolute Gasteiger partial charge is 0.410 e. The number of amides is 1. The highest BCUT2D eigenvalue weighted by Crippen LogP contribution is 2.56. The van der Waals surface area contributed by atoms with Gasteiger partial charge in [0, 0.05) is 24.2 Å². The summed E-state index contributed by atoms with van der Waals surface area (Å²) in [5, 5.41) is 12.9. The van der Waals surface area contributed by atoms with Crippen LogP contribution < -0.4 is 14.8 Å². The summed E-state index contributed by atoms with van der Waals surface area (Å²) < 4.78 is 37.9. The van der Waals surface area contributed by atoms with Gasteiger partial charge >= 0.3 is 6.09 Å². The van der Waals surface area contributed by atoms with Crippen molar-refractivity contribution < 1.29 is 38.3 Å². The molecule has 9 nitrogen and oxygen atoms in total. The minimum atomic E-state index is -4.37. The zero-order valence-electron chi connectivity index (χ0n) is 28.7. The first-order valence-corrected chi connectivity index (χ1v) is 19.2. The fraction of sp³-hybridized carbons (Fsp3) is 0.244. The minimum absolute atomic E-state index is 0.0770. The van der Waals surface area contributed by atoms with Crippen LogP contribution in [0.5, 0.6) is 11.5 Å². The van der Waals surface area contributed by atoms with Gasteiger partial charge in [0.05, 0.1) is 6.61 Å². The van der Waals surface area contributed by atoms with Gasteiger partial charge in [-0.25, -0.2) is 4.79 Å². The lowest BCUT2D eigenvalue weighted by Gasteiger charge is -2.38. The molecule has 2 unspecified atom stereocenters. The van der Waals surface area contributed by atoms with Gasteiger partial charge in [-0.2, -0.15) is 0 Å². The summed E-state index contributed by atoms with van der Waals surface area (Å²) >= 11 is 6.36. The monoisotopic (exact) mass is 743 g/mol. The summed E-state index contributed by atoms with van der Waals surface area (Å²) in [6, 6.07) is 40.9. The minimum Gasteiger partial charge on any atom is -0.489 e. The van der Waals surface area contributed by atoms with E-state index in [0.29, 0.717) is 46.4 Å². The number of halogens is 1. The Hall–Kier alpha value is -4.63. The molecule has 0 aromatic heterocycles. The molecular weight excluding hydrogens is 701 g/mol. The Bertz CT molecular complexity index is 1880. The topological polar surface area (TPSA) is 124 Å². The van der Waals surface area contributed by atoms with Crippen molar-refractivity contribution in [3.8, 4) is 11.5 Å².